The SMILES string of the molecule is CC(C)CNCc1ccc(-c2ccccc2S(=O)(=O)N2CCOC[C@@H]2C)cc1F. The fraction of sp³-hybridized carbons (Fsp3) is 0.455. The van der Waals surface area contributed by atoms with Crippen molar-refractivity contribution in [3.8, 4) is 11.1 Å². The summed E-state index contributed by atoms with van der Waals surface area (Å²) in [5.41, 5.74) is 1.62. The van der Waals surface area contributed by atoms with E-state index in [9.17, 15) is 12.8 Å². The van der Waals surface area contributed by atoms with Crippen LogP contribution in [0.4, 0.5) is 4.39 Å². The van der Waals surface area contributed by atoms with E-state index in [2.05, 4.69) is 19.2 Å². The third-order valence-corrected chi connectivity index (χ3v) is 7.08. The van der Waals surface area contributed by atoms with Crippen LogP contribution >= 0.6 is 0 Å². The molecule has 1 aliphatic rings. The monoisotopic (exact) mass is 420 g/mol. The van der Waals surface area contributed by atoms with Gasteiger partial charge in [0.15, 0.2) is 0 Å². The van der Waals surface area contributed by atoms with Crippen molar-refractivity contribution in [1.29, 1.82) is 0 Å². The highest BCUT2D eigenvalue weighted by Gasteiger charge is 2.33. The molecule has 1 atom stereocenters. The number of morpholine rings is 1. The van der Waals surface area contributed by atoms with E-state index >= 15 is 0 Å². The Morgan fingerprint density at radius 2 is 2.00 bits per heavy atom. The van der Waals surface area contributed by atoms with Crippen LogP contribution in [0.25, 0.3) is 11.1 Å². The summed E-state index contributed by atoms with van der Waals surface area (Å²) in [5, 5.41) is 3.23. The normalized spacial score (nSPS) is 18.3. The number of hydrogen-bond acceptors (Lipinski definition) is 4. The summed E-state index contributed by atoms with van der Waals surface area (Å²) in [6.07, 6.45) is 0. The molecule has 1 aliphatic heterocycles. The van der Waals surface area contributed by atoms with Crippen molar-refractivity contribution in [1.82, 2.24) is 9.62 Å². The topological polar surface area (TPSA) is 58.6 Å². The Kier molecular flexibility index (Phi) is 7.05. The quantitative estimate of drug-likeness (QED) is 0.743. The first-order valence-electron chi connectivity index (χ1n) is 9.99. The van der Waals surface area contributed by atoms with Gasteiger partial charge in [0, 0.05) is 30.3 Å². The number of nitrogens with zero attached hydrogens (tertiary/aromatic N) is 1. The molecule has 2 aromatic carbocycles. The Bertz CT molecular complexity index is 947. The van der Waals surface area contributed by atoms with Gasteiger partial charge in [0.2, 0.25) is 10.0 Å². The molecule has 0 radical (unpaired) electrons. The molecule has 7 heteroatoms. The van der Waals surface area contributed by atoms with Gasteiger partial charge in [-0.15, -0.1) is 0 Å². The second kappa shape index (κ2) is 9.34. The van der Waals surface area contributed by atoms with Crippen LogP contribution in [0.2, 0.25) is 0 Å². The van der Waals surface area contributed by atoms with Gasteiger partial charge in [-0.1, -0.05) is 44.2 Å². The zero-order valence-corrected chi connectivity index (χ0v) is 18.0. The molecular formula is C22H29FN2O3S. The number of ether oxygens (including phenoxy) is 1. The molecule has 2 aromatic rings. The lowest BCUT2D eigenvalue weighted by atomic mass is 10.0. The van der Waals surface area contributed by atoms with Crippen LogP contribution in [0.1, 0.15) is 26.3 Å². The second-order valence-corrected chi connectivity index (χ2v) is 9.73. The lowest BCUT2D eigenvalue weighted by molar-refractivity contribution is 0.0393. The molecule has 5 nitrogen and oxygen atoms in total. The van der Waals surface area contributed by atoms with Crippen molar-refractivity contribution < 1.29 is 17.5 Å². The second-order valence-electron chi connectivity index (χ2n) is 7.87. The van der Waals surface area contributed by atoms with Crippen molar-refractivity contribution >= 4 is 10.0 Å². The van der Waals surface area contributed by atoms with Crippen molar-refractivity contribution in [2.75, 3.05) is 26.3 Å². The van der Waals surface area contributed by atoms with Gasteiger partial charge < -0.3 is 10.1 Å². The smallest absolute Gasteiger partial charge is 0.244 e. The van der Waals surface area contributed by atoms with E-state index in [0.717, 1.165) is 6.54 Å². The highest BCUT2D eigenvalue weighted by atomic mass is 32.2. The molecule has 3 rings (SSSR count). The molecule has 0 spiro atoms. The summed E-state index contributed by atoms with van der Waals surface area (Å²) >= 11 is 0. The average molecular weight is 421 g/mol. The summed E-state index contributed by atoms with van der Waals surface area (Å²) in [7, 11) is -3.72. The van der Waals surface area contributed by atoms with E-state index in [1.807, 2.05) is 6.92 Å². The predicted molar refractivity (Wildman–Crippen MR) is 113 cm³/mol. The van der Waals surface area contributed by atoms with E-state index in [-0.39, 0.29) is 16.8 Å². The Hall–Kier alpha value is -1.80. The van der Waals surface area contributed by atoms with Gasteiger partial charge in [0.05, 0.1) is 18.1 Å². The van der Waals surface area contributed by atoms with Crippen molar-refractivity contribution in [2.24, 2.45) is 5.92 Å². The van der Waals surface area contributed by atoms with Crippen LogP contribution < -0.4 is 5.32 Å². The lowest BCUT2D eigenvalue weighted by Crippen LogP contribution is -2.47. The Balaban J connectivity index is 1.92. The molecule has 29 heavy (non-hydrogen) atoms. The molecular weight excluding hydrogens is 391 g/mol. The lowest BCUT2D eigenvalue weighted by Gasteiger charge is -2.32. The average Bonchev–Trinajstić information content (AvgIpc) is 2.69. The number of halogens is 1. The van der Waals surface area contributed by atoms with Gasteiger partial charge in [0.25, 0.3) is 0 Å². The standard InChI is InChI=1S/C22H29FN2O3S/c1-16(2)13-24-14-19-9-8-18(12-21(19)23)20-6-4-5-7-22(20)29(26,27)25-10-11-28-15-17(25)3/h4-9,12,16-17,24H,10-11,13-15H2,1-3H3/t17-/m0/s1. The van der Waals surface area contributed by atoms with Crippen LogP contribution in [-0.4, -0.2) is 45.1 Å². The van der Waals surface area contributed by atoms with Gasteiger partial charge in [-0.05, 0) is 37.1 Å². The highest BCUT2D eigenvalue weighted by molar-refractivity contribution is 7.89. The molecule has 0 aromatic heterocycles. The van der Waals surface area contributed by atoms with Gasteiger partial charge in [-0.25, -0.2) is 12.8 Å². The van der Waals surface area contributed by atoms with Crippen LogP contribution in [0.15, 0.2) is 47.4 Å². The third kappa shape index (κ3) is 5.04. The Labute approximate surface area is 172 Å². The molecule has 1 N–H and O–H groups in total. The van der Waals surface area contributed by atoms with E-state index < -0.39 is 10.0 Å². The van der Waals surface area contributed by atoms with Gasteiger partial charge >= 0.3 is 0 Å². The van der Waals surface area contributed by atoms with E-state index in [1.54, 1.807) is 36.4 Å². The van der Waals surface area contributed by atoms with Crippen LogP contribution in [0.5, 0.6) is 0 Å². The minimum atomic E-state index is -3.72. The molecule has 0 bridgehead atoms. The molecule has 1 saturated heterocycles. The zero-order valence-electron chi connectivity index (χ0n) is 17.2. The summed E-state index contributed by atoms with van der Waals surface area (Å²) in [6.45, 7) is 8.32. The van der Waals surface area contributed by atoms with E-state index in [0.29, 0.717) is 48.9 Å². The number of hydrogen-bond donors (Lipinski definition) is 1. The molecule has 0 aliphatic carbocycles. The van der Waals surface area contributed by atoms with Gasteiger partial charge in [-0.2, -0.15) is 4.31 Å². The summed E-state index contributed by atoms with van der Waals surface area (Å²) in [6, 6.07) is 11.5. The van der Waals surface area contributed by atoms with Crippen LogP contribution in [0, 0.1) is 11.7 Å². The Morgan fingerprint density at radius 1 is 1.24 bits per heavy atom. The highest BCUT2D eigenvalue weighted by Crippen LogP contribution is 2.31. The molecule has 0 amide bonds. The van der Waals surface area contributed by atoms with E-state index in [1.165, 1.54) is 10.4 Å². The minimum absolute atomic E-state index is 0.193. The van der Waals surface area contributed by atoms with Crippen molar-refractivity contribution in [3.63, 3.8) is 0 Å². The number of benzene rings is 2. The maximum Gasteiger partial charge on any atom is 0.244 e. The van der Waals surface area contributed by atoms with Crippen molar-refractivity contribution in [2.45, 2.75) is 38.3 Å². The van der Waals surface area contributed by atoms with E-state index in [4.69, 9.17) is 4.74 Å². The fourth-order valence-electron chi connectivity index (χ4n) is 3.48. The van der Waals surface area contributed by atoms with Gasteiger partial charge in [-0.3, -0.25) is 0 Å². The number of sulfonamides is 1. The molecule has 0 saturated carbocycles. The first-order valence-corrected chi connectivity index (χ1v) is 11.4. The first kappa shape index (κ1) is 21.9. The third-order valence-electron chi connectivity index (χ3n) is 5.01. The summed E-state index contributed by atoms with van der Waals surface area (Å²) in [5.74, 6) is 0.141. The molecule has 1 heterocycles. The first-order chi connectivity index (χ1) is 13.8. The van der Waals surface area contributed by atoms with Crippen LogP contribution in [0.3, 0.4) is 0 Å². The zero-order chi connectivity index (χ0) is 21.0. The van der Waals surface area contributed by atoms with Gasteiger partial charge in [0.1, 0.15) is 5.82 Å². The molecule has 0 unspecified atom stereocenters. The summed E-state index contributed by atoms with van der Waals surface area (Å²) < 4.78 is 48.2. The number of nitrogens with one attached hydrogen (secondary N) is 1. The Morgan fingerprint density at radius 3 is 2.69 bits per heavy atom. The largest absolute Gasteiger partial charge is 0.378 e. The molecule has 1 fully saturated rings. The van der Waals surface area contributed by atoms with Crippen molar-refractivity contribution in [3.05, 3.63) is 53.8 Å². The summed E-state index contributed by atoms with van der Waals surface area (Å²) in [4.78, 5) is 0.193. The predicted octanol–water partition coefficient (Wildman–Crippen LogP) is 3.65. The fourth-order valence-corrected chi connectivity index (χ4v) is 5.30. The number of rotatable bonds is 7. The molecule has 158 valence electrons. The maximum atomic E-state index is 14.7. The minimum Gasteiger partial charge on any atom is -0.378 e. The van der Waals surface area contributed by atoms with Crippen LogP contribution in [-0.2, 0) is 21.3 Å². The maximum absolute atomic E-state index is 14.7.